The normalized spacial score (nSPS) is 22.2. The molecular formula is C19H27N5O4S2. The number of likely N-dealkylation sites (tertiary alicyclic amines) is 1. The van der Waals surface area contributed by atoms with Gasteiger partial charge in [0.1, 0.15) is 6.61 Å². The molecule has 3 heterocycles. The fourth-order valence-corrected chi connectivity index (χ4v) is 4.66. The van der Waals surface area contributed by atoms with Crippen LogP contribution >= 0.6 is 12.2 Å². The van der Waals surface area contributed by atoms with Crippen molar-refractivity contribution in [2.24, 2.45) is 13.0 Å². The number of hydrogen-bond acceptors (Lipinski definition) is 7. The van der Waals surface area contributed by atoms with Crippen molar-refractivity contribution in [3.63, 3.8) is 0 Å². The average Bonchev–Trinajstić information content (AvgIpc) is 3.00. The molecule has 1 fully saturated rings. The molecule has 4 rings (SSSR count). The van der Waals surface area contributed by atoms with Crippen LogP contribution in [0, 0.1) is 10.7 Å². The first-order chi connectivity index (χ1) is 14.3. The third-order valence-corrected chi connectivity index (χ3v) is 6.62. The van der Waals surface area contributed by atoms with Crippen molar-refractivity contribution < 1.29 is 17.9 Å². The summed E-state index contributed by atoms with van der Waals surface area (Å²) in [7, 11) is -1.29. The number of rotatable bonds is 6. The van der Waals surface area contributed by atoms with Gasteiger partial charge in [0.2, 0.25) is 10.0 Å². The SMILES string of the molecule is Cn1c([C@H]2COc3ccccc3O2)nn(CN2CCC[C@@H](CNS(C)(=O)=O)C2)c1=S. The molecule has 0 saturated carbocycles. The highest BCUT2D eigenvalue weighted by molar-refractivity contribution is 7.88. The van der Waals surface area contributed by atoms with E-state index in [4.69, 9.17) is 26.8 Å². The highest BCUT2D eigenvalue weighted by Crippen LogP contribution is 2.35. The lowest BCUT2D eigenvalue weighted by atomic mass is 9.99. The van der Waals surface area contributed by atoms with Crippen LogP contribution in [-0.4, -0.2) is 60.2 Å². The minimum Gasteiger partial charge on any atom is -0.485 e. The van der Waals surface area contributed by atoms with Crippen LogP contribution in [0.25, 0.3) is 0 Å². The minimum atomic E-state index is -3.17. The zero-order valence-corrected chi connectivity index (χ0v) is 18.8. The highest BCUT2D eigenvalue weighted by Gasteiger charge is 2.28. The maximum Gasteiger partial charge on any atom is 0.208 e. The van der Waals surface area contributed by atoms with Crippen molar-refractivity contribution in [3.05, 3.63) is 34.9 Å². The fraction of sp³-hybridized carbons (Fsp3) is 0.579. The van der Waals surface area contributed by atoms with Gasteiger partial charge in [-0.25, -0.2) is 17.8 Å². The van der Waals surface area contributed by atoms with Gasteiger partial charge in [-0.2, -0.15) is 5.10 Å². The second-order valence-corrected chi connectivity index (χ2v) is 10.1. The van der Waals surface area contributed by atoms with Crippen LogP contribution in [0.2, 0.25) is 0 Å². The number of para-hydroxylation sites is 2. The van der Waals surface area contributed by atoms with Crippen LogP contribution in [0.4, 0.5) is 0 Å². The maximum absolute atomic E-state index is 11.4. The predicted octanol–water partition coefficient (Wildman–Crippen LogP) is 1.68. The van der Waals surface area contributed by atoms with Crippen LogP contribution < -0.4 is 14.2 Å². The summed E-state index contributed by atoms with van der Waals surface area (Å²) < 4.78 is 41.6. The summed E-state index contributed by atoms with van der Waals surface area (Å²) in [5, 5.41) is 4.73. The minimum absolute atomic E-state index is 0.275. The molecule has 0 bridgehead atoms. The van der Waals surface area contributed by atoms with Gasteiger partial charge in [-0.3, -0.25) is 4.90 Å². The van der Waals surface area contributed by atoms with E-state index in [1.54, 1.807) is 4.68 Å². The van der Waals surface area contributed by atoms with Gasteiger partial charge in [0.05, 0.1) is 12.9 Å². The molecule has 2 aliphatic heterocycles. The van der Waals surface area contributed by atoms with Gasteiger partial charge in [-0.05, 0) is 49.7 Å². The number of piperidine rings is 1. The van der Waals surface area contributed by atoms with Crippen molar-refractivity contribution in [2.45, 2.75) is 25.6 Å². The molecule has 0 unspecified atom stereocenters. The summed E-state index contributed by atoms with van der Waals surface area (Å²) in [5.41, 5.74) is 0. The molecule has 0 amide bonds. The van der Waals surface area contributed by atoms with Gasteiger partial charge >= 0.3 is 0 Å². The summed E-state index contributed by atoms with van der Waals surface area (Å²) in [5.74, 6) is 2.43. The van der Waals surface area contributed by atoms with Crippen molar-refractivity contribution in [3.8, 4) is 11.5 Å². The van der Waals surface area contributed by atoms with E-state index in [1.807, 2.05) is 35.9 Å². The number of fused-ring (bicyclic) bond motifs is 1. The summed E-state index contributed by atoms with van der Waals surface area (Å²) >= 11 is 5.61. The van der Waals surface area contributed by atoms with Gasteiger partial charge in [0.15, 0.2) is 28.2 Å². The standard InChI is InChI=1S/C19H27N5O4S2/c1-22-18(17-12-27-15-7-3-4-8-16(15)28-17)21-24(19(22)29)13-23-9-5-6-14(11-23)10-20-30(2,25)26/h3-4,7-8,14,17,20H,5-6,9-13H2,1-2H3/t14-,17+/m0/s1. The van der Waals surface area contributed by atoms with E-state index in [1.165, 1.54) is 6.26 Å². The Hall–Kier alpha value is -1.95. The van der Waals surface area contributed by atoms with Crippen LogP contribution in [0.3, 0.4) is 0 Å². The molecule has 30 heavy (non-hydrogen) atoms. The zero-order chi connectivity index (χ0) is 21.3. The molecule has 164 valence electrons. The predicted molar refractivity (Wildman–Crippen MR) is 114 cm³/mol. The van der Waals surface area contributed by atoms with Crippen molar-refractivity contribution in [2.75, 3.05) is 32.5 Å². The average molecular weight is 454 g/mol. The molecule has 0 radical (unpaired) electrons. The smallest absolute Gasteiger partial charge is 0.208 e. The molecule has 11 heteroatoms. The number of ether oxygens (including phenoxy) is 2. The Morgan fingerprint density at radius 3 is 2.83 bits per heavy atom. The van der Waals surface area contributed by atoms with Gasteiger partial charge in [0.25, 0.3) is 0 Å². The first-order valence-corrected chi connectivity index (χ1v) is 12.3. The van der Waals surface area contributed by atoms with Gasteiger partial charge < -0.3 is 14.0 Å². The van der Waals surface area contributed by atoms with Gasteiger partial charge in [-0.15, -0.1) is 0 Å². The van der Waals surface area contributed by atoms with E-state index in [9.17, 15) is 8.42 Å². The molecule has 1 N–H and O–H groups in total. The third-order valence-electron chi connectivity index (χ3n) is 5.44. The lowest BCUT2D eigenvalue weighted by Gasteiger charge is -2.32. The molecule has 0 aliphatic carbocycles. The molecule has 1 saturated heterocycles. The van der Waals surface area contributed by atoms with Crippen LogP contribution in [0.15, 0.2) is 24.3 Å². The largest absolute Gasteiger partial charge is 0.485 e. The van der Waals surface area contributed by atoms with Crippen LogP contribution in [0.5, 0.6) is 11.5 Å². The first-order valence-electron chi connectivity index (χ1n) is 9.99. The molecule has 0 spiro atoms. The zero-order valence-electron chi connectivity index (χ0n) is 17.2. The lowest BCUT2D eigenvalue weighted by molar-refractivity contribution is 0.0815. The summed E-state index contributed by atoms with van der Waals surface area (Å²) in [4.78, 5) is 2.26. The Labute approximate surface area is 181 Å². The summed E-state index contributed by atoms with van der Waals surface area (Å²) in [6.45, 7) is 3.12. The monoisotopic (exact) mass is 453 g/mol. The Morgan fingerprint density at radius 2 is 2.07 bits per heavy atom. The molecule has 1 aromatic heterocycles. The van der Waals surface area contributed by atoms with E-state index < -0.39 is 10.0 Å². The van der Waals surface area contributed by atoms with Gasteiger partial charge in [-0.1, -0.05) is 12.1 Å². The number of nitrogens with one attached hydrogen (secondary N) is 1. The maximum atomic E-state index is 11.4. The number of hydrogen-bond donors (Lipinski definition) is 1. The van der Waals surface area contributed by atoms with Crippen molar-refractivity contribution >= 4 is 22.2 Å². The fourth-order valence-electron chi connectivity index (χ4n) is 3.93. The van der Waals surface area contributed by atoms with E-state index in [0.29, 0.717) is 30.3 Å². The van der Waals surface area contributed by atoms with E-state index in [2.05, 4.69) is 9.62 Å². The Kier molecular flexibility index (Phi) is 6.14. The second kappa shape index (κ2) is 8.66. The summed E-state index contributed by atoms with van der Waals surface area (Å²) in [6, 6.07) is 7.59. The summed E-state index contributed by atoms with van der Waals surface area (Å²) in [6.07, 6.45) is 2.88. The van der Waals surface area contributed by atoms with E-state index in [-0.39, 0.29) is 12.0 Å². The van der Waals surface area contributed by atoms with Crippen molar-refractivity contribution in [1.29, 1.82) is 0 Å². The Morgan fingerprint density at radius 1 is 1.30 bits per heavy atom. The second-order valence-electron chi connectivity index (χ2n) is 7.91. The topological polar surface area (TPSA) is 90.6 Å². The number of nitrogens with zero attached hydrogens (tertiary/aromatic N) is 4. The molecule has 2 aliphatic rings. The van der Waals surface area contributed by atoms with Crippen LogP contribution in [0.1, 0.15) is 24.8 Å². The van der Waals surface area contributed by atoms with E-state index >= 15 is 0 Å². The lowest BCUT2D eigenvalue weighted by Crippen LogP contribution is -2.41. The Bertz CT molecular complexity index is 1070. The van der Waals surface area contributed by atoms with Crippen molar-refractivity contribution in [1.82, 2.24) is 24.0 Å². The molecule has 2 aromatic rings. The molecule has 9 nitrogen and oxygen atoms in total. The molecule has 2 atom stereocenters. The van der Waals surface area contributed by atoms with Gasteiger partial charge in [0, 0.05) is 20.1 Å². The number of aromatic nitrogens is 3. The molecule has 1 aromatic carbocycles. The van der Waals surface area contributed by atoms with Crippen LogP contribution in [-0.2, 0) is 23.7 Å². The quantitative estimate of drug-likeness (QED) is 0.666. The third kappa shape index (κ3) is 4.85. The first kappa shape index (κ1) is 21.3. The highest BCUT2D eigenvalue weighted by atomic mass is 32.2. The van der Waals surface area contributed by atoms with E-state index in [0.717, 1.165) is 37.5 Å². The number of benzene rings is 1. The Balaban J connectivity index is 1.44. The molecular weight excluding hydrogens is 426 g/mol. The number of sulfonamides is 1.